The predicted molar refractivity (Wildman–Crippen MR) is 150 cm³/mol. The third-order valence-corrected chi connectivity index (χ3v) is 9.03. The van der Waals surface area contributed by atoms with E-state index in [4.69, 9.17) is 4.98 Å². The summed E-state index contributed by atoms with van der Waals surface area (Å²) >= 11 is 0. The number of halogens is 2. The molecule has 0 radical (unpaired) electrons. The summed E-state index contributed by atoms with van der Waals surface area (Å²) in [5, 5.41) is 1.16. The molecule has 0 spiro atoms. The van der Waals surface area contributed by atoms with Gasteiger partial charge in [0.05, 0.1) is 0 Å². The highest BCUT2D eigenvalue weighted by molar-refractivity contribution is 7.92. The maximum absolute atomic E-state index is 16.4. The number of anilines is 2. The number of hydrogen-bond donors (Lipinski definition) is 1. The SMILES string of the molecule is C=CS(=O)(=O)NC1CCCN(c2nc(N3CCN(C(C)=O)CC3)c3cc4c(c(F)c3n2)-c2c(F)cccc2C4=O)C1. The summed E-state index contributed by atoms with van der Waals surface area (Å²) in [5.74, 6) is -1.44. The number of piperazine rings is 1. The number of fused-ring (bicyclic) bond motifs is 4. The maximum Gasteiger partial charge on any atom is 0.233 e. The van der Waals surface area contributed by atoms with Gasteiger partial charge in [0, 0.05) is 85.3 Å². The van der Waals surface area contributed by atoms with Crippen LogP contribution in [0.3, 0.4) is 0 Å². The number of piperidine rings is 1. The lowest BCUT2D eigenvalue weighted by Crippen LogP contribution is -2.49. The monoisotopic (exact) mass is 582 g/mol. The number of carbonyl (C=O) groups excluding carboxylic acids is 2. The molecule has 13 heteroatoms. The number of aromatic nitrogens is 2. The molecule has 3 aromatic rings. The number of sulfonamides is 1. The number of rotatable bonds is 5. The van der Waals surface area contributed by atoms with Gasteiger partial charge < -0.3 is 14.7 Å². The molecule has 2 aliphatic heterocycles. The molecule has 2 aromatic carbocycles. The molecule has 1 unspecified atom stereocenters. The summed E-state index contributed by atoms with van der Waals surface area (Å²) in [5.41, 5.74) is -0.127. The van der Waals surface area contributed by atoms with Crippen LogP contribution < -0.4 is 14.5 Å². The molecule has 1 aromatic heterocycles. The number of nitrogens with zero attached hydrogens (tertiary/aromatic N) is 5. The highest BCUT2D eigenvalue weighted by atomic mass is 32.2. The first-order chi connectivity index (χ1) is 19.6. The molecule has 0 bridgehead atoms. The zero-order valence-corrected chi connectivity index (χ0v) is 23.2. The Labute approximate surface area is 235 Å². The molecular formula is C28H28F2N6O4S. The molecule has 0 saturated carbocycles. The van der Waals surface area contributed by atoms with Crippen molar-refractivity contribution in [2.45, 2.75) is 25.8 Å². The van der Waals surface area contributed by atoms with Crippen molar-refractivity contribution in [3.63, 3.8) is 0 Å². The molecule has 1 atom stereocenters. The van der Waals surface area contributed by atoms with Crippen molar-refractivity contribution in [1.82, 2.24) is 19.6 Å². The third-order valence-electron chi connectivity index (χ3n) is 7.93. The van der Waals surface area contributed by atoms with Gasteiger partial charge in [-0.2, -0.15) is 4.98 Å². The van der Waals surface area contributed by atoms with E-state index in [0.29, 0.717) is 56.8 Å². The Morgan fingerprint density at radius 2 is 1.83 bits per heavy atom. The van der Waals surface area contributed by atoms with Crippen molar-refractivity contribution in [1.29, 1.82) is 0 Å². The average Bonchev–Trinajstić information content (AvgIpc) is 3.25. The van der Waals surface area contributed by atoms with Gasteiger partial charge in [0.25, 0.3) is 0 Å². The molecule has 41 heavy (non-hydrogen) atoms. The second-order valence-corrected chi connectivity index (χ2v) is 12.1. The van der Waals surface area contributed by atoms with Crippen molar-refractivity contribution in [3.8, 4) is 11.1 Å². The smallest absolute Gasteiger partial charge is 0.233 e. The zero-order chi connectivity index (χ0) is 29.1. The van der Waals surface area contributed by atoms with Crippen molar-refractivity contribution in [2.75, 3.05) is 49.1 Å². The van der Waals surface area contributed by atoms with E-state index in [2.05, 4.69) is 16.3 Å². The Hall–Kier alpha value is -3.97. The standard InChI is InChI=1S/C28H28F2N6O4S/c1-3-41(39,40)33-17-6-5-9-36(15-17)28-31-25-20(27(32-28)35-12-10-34(11-13-35)16(2)37)14-19-23(24(25)30)22-18(26(19)38)7-4-8-21(22)29/h3-4,7-8,14,17,33H,1,5-6,9-13,15H2,2H3. The average molecular weight is 583 g/mol. The number of hydrogen-bond acceptors (Lipinski definition) is 8. The molecule has 2 fully saturated rings. The molecule has 6 rings (SSSR count). The van der Waals surface area contributed by atoms with Gasteiger partial charge in [-0.3, -0.25) is 9.59 Å². The van der Waals surface area contributed by atoms with E-state index < -0.39 is 33.5 Å². The van der Waals surface area contributed by atoms with Crippen molar-refractivity contribution >= 4 is 44.4 Å². The molecule has 1 N–H and O–H groups in total. The molecule has 214 valence electrons. The largest absolute Gasteiger partial charge is 0.352 e. The lowest BCUT2D eigenvalue weighted by atomic mass is 10.0. The van der Waals surface area contributed by atoms with Crippen LogP contribution in [0.2, 0.25) is 0 Å². The first kappa shape index (κ1) is 27.2. The molecule has 1 aliphatic carbocycles. The van der Waals surface area contributed by atoms with Crippen LogP contribution in [0.25, 0.3) is 22.0 Å². The van der Waals surface area contributed by atoms with Crippen LogP contribution in [0.5, 0.6) is 0 Å². The van der Waals surface area contributed by atoms with Crippen LogP contribution in [-0.4, -0.2) is 80.3 Å². The van der Waals surface area contributed by atoms with E-state index in [1.165, 1.54) is 31.2 Å². The van der Waals surface area contributed by atoms with E-state index in [9.17, 15) is 22.4 Å². The minimum atomic E-state index is -3.67. The van der Waals surface area contributed by atoms with Gasteiger partial charge in [-0.25, -0.2) is 26.9 Å². The van der Waals surface area contributed by atoms with Gasteiger partial charge in [-0.05, 0) is 25.0 Å². The summed E-state index contributed by atoms with van der Waals surface area (Å²) in [6, 6.07) is 5.18. The highest BCUT2D eigenvalue weighted by Gasteiger charge is 2.35. The van der Waals surface area contributed by atoms with Crippen LogP contribution in [0.1, 0.15) is 35.7 Å². The number of nitrogens with one attached hydrogen (secondary N) is 1. The van der Waals surface area contributed by atoms with Gasteiger partial charge in [-0.15, -0.1) is 0 Å². The maximum atomic E-state index is 16.4. The summed E-state index contributed by atoms with van der Waals surface area (Å²) in [6.07, 6.45) is 1.23. The van der Waals surface area contributed by atoms with E-state index in [-0.39, 0.29) is 46.2 Å². The Morgan fingerprint density at radius 3 is 2.54 bits per heavy atom. The predicted octanol–water partition coefficient (Wildman–Crippen LogP) is 2.82. The van der Waals surface area contributed by atoms with E-state index >= 15 is 4.39 Å². The quantitative estimate of drug-likeness (QED) is 0.382. The number of ketones is 1. The Morgan fingerprint density at radius 1 is 1.07 bits per heavy atom. The molecule has 1 amide bonds. The Kier molecular flexibility index (Phi) is 6.73. The second-order valence-electron chi connectivity index (χ2n) is 10.5. The first-order valence-corrected chi connectivity index (χ1v) is 14.9. The summed E-state index contributed by atoms with van der Waals surface area (Å²) < 4.78 is 58.1. The first-order valence-electron chi connectivity index (χ1n) is 13.4. The molecule has 3 aliphatic rings. The van der Waals surface area contributed by atoms with Gasteiger partial charge in [0.2, 0.25) is 21.9 Å². The fourth-order valence-corrected chi connectivity index (χ4v) is 6.64. The van der Waals surface area contributed by atoms with Crippen LogP contribution in [0.4, 0.5) is 20.5 Å². The minimum absolute atomic E-state index is 0.0477. The molecular weight excluding hydrogens is 554 g/mol. The Bertz CT molecular complexity index is 1720. The lowest BCUT2D eigenvalue weighted by Gasteiger charge is -2.37. The minimum Gasteiger partial charge on any atom is -0.352 e. The van der Waals surface area contributed by atoms with Crippen molar-refractivity contribution in [2.24, 2.45) is 0 Å². The van der Waals surface area contributed by atoms with Gasteiger partial charge >= 0.3 is 0 Å². The van der Waals surface area contributed by atoms with Crippen LogP contribution in [-0.2, 0) is 14.8 Å². The summed E-state index contributed by atoms with van der Waals surface area (Å²) in [4.78, 5) is 40.0. The fraction of sp³-hybridized carbons (Fsp3) is 0.357. The second kappa shape index (κ2) is 10.1. The van der Waals surface area contributed by atoms with Crippen LogP contribution in [0, 0.1) is 11.6 Å². The lowest BCUT2D eigenvalue weighted by molar-refractivity contribution is -0.129. The molecule has 10 nitrogen and oxygen atoms in total. The topological polar surface area (TPSA) is 116 Å². The van der Waals surface area contributed by atoms with Gasteiger partial charge in [0.15, 0.2) is 11.6 Å². The number of carbonyl (C=O) groups is 2. The van der Waals surface area contributed by atoms with Crippen molar-refractivity contribution < 1.29 is 26.8 Å². The number of benzene rings is 2. The highest BCUT2D eigenvalue weighted by Crippen LogP contribution is 2.44. The van der Waals surface area contributed by atoms with Gasteiger partial charge in [0.1, 0.15) is 17.2 Å². The van der Waals surface area contributed by atoms with E-state index in [1.54, 1.807) is 9.80 Å². The zero-order valence-electron chi connectivity index (χ0n) is 22.4. The van der Waals surface area contributed by atoms with Crippen molar-refractivity contribution in [3.05, 3.63) is 59.0 Å². The third kappa shape index (κ3) is 4.72. The van der Waals surface area contributed by atoms with Gasteiger partial charge in [-0.1, -0.05) is 18.7 Å². The fourth-order valence-electron chi connectivity index (χ4n) is 5.89. The normalized spacial score (nSPS) is 19.0. The van der Waals surface area contributed by atoms with Crippen LogP contribution >= 0.6 is 0 Å². The molecule has 3 heterocycles. The summed E-state index contributed by atoms with van der Waals surface area (Å²) in [7, 11) is -3.67. The summed E-state index contributed by atoms with van der Waals surface area (Å²) in [6.45, 7) is 7.33. The number of amides is 1. The van der Waals surface area contributed by atoms with Crippen LogP contribution in [0.15, 0.2) is 36.3 Å². The molecule has 2 saturated heterocycles. The van der Waals surface area contributed by atoms with E-state index in [0.717, 1.165) is 5.41 Å². The Balaban J connectivity index is 1.49. The van der Waals surface area contributed by atoms with E-state index in [1.807, 2.05) is 4.90 Å².